The van der Waals surface area contributed by atoms with Gasteiger partial charge in [0.2, 0.25) is 0 Å². The number of carbonyl (C=O) groups is 1. The number of carboxylic acid groups (broad SMARTS) is 1. The van der Waals surface area contributed by atoms with E-state index < -0.39 is 5.97 Å². The van der Waals surface area contributed by atoms with Gasteiger partial charge in [-0.2, -0.15) is 0 Å². The molecule has 0 radical (unpaired) electrons. The Balaban J connectivity index is 3.00. The van der Waals surface area contributed by atoms with Crippen molar-refractivity contribution in [3.8, 4) is 11.8 Å². The average molecular weight is 225 g/mol. The van der Waals surface area contributed by atoms with Crippen LogP contribution >= 0.6 is 11.6 Å². The molecule has 0 heterocycles. The van der Waals surface area contributed by atoms with Gasteiger partial charge in [0.1, 0.15) is 0 Å². The first-order valence-electron chi connectivity index (χ1n) is 4.27. The summed E-state index contributed by atoms with van der Waals surface area (Å²) in [7, 11) is 0. The first-order valence-corrected chi connectivity index (χ1v) is 4.65. The number of rotatable bonds is 2. The number of hydrogen-bond acceptors (Lipinski definition) is 2. The lowest BCUT2D eigenvalue weighted by Gasteiger charge is -1.97. The average Bonchev–Trinajstić information content (AvgIpc) is 2.17. The van der Waals surface area contributed by atoms with Crippen molar-refractivity contribution in [1.82, 2.24) is 0 Å². The number of benzene rings is 1. The highest BCUT2D eigenvalue weighted by atomic mass is 35.5. The number of aromatic carboxylic acids is 1. The van der Waals surface area contributed by atoms with E-state index in [2.05, 4.69) is 11.8 Å². The SMILES string of the molecule is O=C(O)c1cc(Cl)cc(C#CCCO)c1. The fourth-order valence-corrected chi connectivity index (χ4v) is 1.24. The Morgan fingerprint density at radius 2 is 2.13 bits per heavy atom. The molecule has 0 spiro atoms. The van der Waals surface area contributed by atoms with E-state index in [1.54, 1.807) is 6.07 Å². The predicted molar refractivity (Wildman–Crippen MR) is 57.0 cm³/mol. The van der Waals surface area contributed by atoms with Crippen LogP contribution in [0.1, 0.15) is 22.3 Å². The molecule has 0 aliphatic rings. The Hall–Kier alpha value is -1.50. The van der Waals surface area contributed by atoms with Crippen molar-refractivity contribution in [3.63, 3.8) is 0 Å². The van der Waals surface area contributed by atoms with E-state index in [9.17, 15) is 4.79 Å². The number of carboxylic acids is 1. The van der Waals surface area contributed by atoms with Gasteiger partial charge in [0.25, 0.3) is 0 Å². The molecule has 0 aliphatic carbocycles. The molecule has 0 amide bonds. The zero-order valence-electron chi connectivity index (χ0n) is 7.83. The Labute approximate surface area is 92.3 Å². The third-order valence-corrected chi connectivity index (χ3v) is 1.83. The number of halogens is 1. The van der Waals surface area contributed by atoms with Crippen LogP contribution in [0.25, 0.3) is 0 Å². The second-order valence-electron chi connectivity index (χ2n) is 2.81. The summed E-state index contributed by atoms with van der Waals surface area (Å²) in [6.45, 7) is -0.0145. The minimum absolute atomic E-state index is 0.0145. The molecule has 0 unspecified atom stereocenters. The van der Waals surface area contributed by atoms with Gasteiger partial charge in [-0.25, -0.2) is 4.79 Å². The van der Waals surface area contributed by atoms with E-state index in [4.69, 9.17) is 21.8 Å². The molecule has 0 atom stereocenters. The van der Waals surface area contributed by atoms with Crippen LogP contribution in [0, 0.1) is 11.8 Å². The van der Waals surface area contributed by atoms with Crippen molar-refractivity contribution in [2.24, 2.45) is 0 Å². The van der Waals surface area contributed by atoms with E-state index in [-0.39, 0.29) is 12.2 Å². The maximum absolute atomic E-state index is 10.7. The minimum Gasteiger partial charge on any atom is -0.478 e. The lowest BCUT2D eigenvalue weighted by molar-refractivity contribution is 0.0697. The molecule has 1 aromatic rings. The van der Waals surface area contributed by atoms with Gasteiger partial charge in [0.05, 0.1) is 12.2 Å². The van der Waals surface area contributed by atoms with Gasteiger partial charge in [-0.1, -0.05) is 23.4 Å². The molecule has 3 nitrogen and oxygen atoms in total. The highest BCUT2D eigenvalue weighted by molar-refractivity contribution is 6.31. The lowest BCUT2D eigenvalue weighted by atomic mass is 10.1. The first-order chi connectivity index (χ1) is 7.13. The van der Waals surface area contributed by atoms with Crippen molar-refractivity contribution in [2.45, 2.75) is 6.42 Å². The predicted octanol–water partition coefficient (Wildman–Crippen LogP) is 1.77. The molecule has 0 saturated heterocycles. The Morgan fingerprint density at radius 1 is 1.40 bits per heavy atom. The molecule has 78 valence electrons. The van der Waals surface area contributed by atoms with Crippen molar-refractivity contribution in [2.75, 3.05) is 6.61 Å². The highest BCUT2D eigenvalue weighted by Crippen LogP contribution is 2.14. The van der Waals surface area contributed by atoms with Crippen molar-refractivity contribution < 1.29 is 15.0 Å². The zero-order chi connectivity index (χ0) is 11.3. The van der Waals surface area contributed by atoms with Gasteiger partial charge >= 0.3 is 5.97 Å². The van der Waals surface area contributed by atoms with Crippen LogP contribution in [0.15, 0.2) is 18.2 Å². The number of hydrogen-bond donors (Lipinski definition) is 2. The normalized spacial score (nSPS) is 9.20. The van der Waals surface area contributed by atoms with E-state index in [1.807, 2.05) is 0 Å². The van der Waals surface area contributed by atoms with Crippen LogP contribution in [0.4, 0.5) is 0 Å². The van der Waals surface area contributed by atoms with Crippen molar-refractivity contribution in [3.05, 3.63) is 34.3 Å². The Bertz CT molecular complexity index is 429. The summed E-state index contributed by atoms with van der Waals surface area (Å²) >= 11 is 5.73. The molecular weight excluding hydrogens is 216 g/mol. The number of aliphatic hydroxyl groups excluding tert-OH is 1. The van der Waals surface area contributed by atoms with Crippen LogP contribution in [0.3, 0.4) is 0 Å². The molecule has 1 aromatic carbocycles. The lowest BCUT2D eigenvalue weighted by Crippen LogP contribution is -1.96. The highest BCUT2D eigenvalue weighted by Gasteiger charge is 2.04. The second-order valence-corrected chi connectivity index (χ2v) is 3.25. The fourth-order valence-electron chi connectivity index (χ4n) is 1.01. The molecule has 2 N–H and O–H groups in total. The number of aliphatic hydroxyl groups is 1. The maximum Gasteiger partial charge on any atom is 0.335 e. The summed E-state index contributed by atoms with van der Waals surface area (Å²) in [6.07, 6.45) is 0.356. The largest absolute Gasteiger partial charge is 0.478 e. The Morgan fingerprint density at radius 3 is 2.73 bits per heavy atom. The van der Waals surface area contributed by atoms with Crippen LogP contribution in [0.5, 0.6) is 0 Å². The van der Waals surface area contributed by atoms with Gasteiger partial charge in [-0.05, 0) is 18.2 Å². The molecule has 1 rings (SSSR count). The Kier molecular flexibility index (Phi) is 4.17. The third kappa shape index (κ3) is 3.62. The van der Waals surface area contributed by atoms with E-state index in [0.717, 1.165) is 0 Å². The summed E-state index contributed by atoms with van der Waals surface area (Å²) in [5.41, 5.74) is 0.643. The molecule has 0 bridgehead atoms. The van der Waals surface area contributed by atoms with Crippen LogP contribution in [-0.4, -0.2) is 22.8 Å². The monoisotopic (exact) mass is 224 g/mol. The molecule has 0 aliphatic heterocycles. The summed E-state index contributed by atoms with van der Waals surface area (Å²) in [4.78, 5) is 10.7. The molecule has 0 fully saturated rings. The standard InChI is InChI=1S/C11H9ClO3/c12-10-6-8(3-1-2-4-13)5-9(7-10)11(14)15/h5-7,13H,2,4H2,(H,14,15). The van der Waals surface area contributed by atoms with Gasteiger partial charge in [-0.3, -0.25) is 0 Å². The fraction of sp³-hybridized carbons (Fsp3) is 0.182. The van der Waals surface area contributed by atoms with E-state index in [1.165, 1.54) is 12.1 Å². The first kappa shape index (κ1) is 11.6. The van der Waals surface area contributed by atoms with Crippen molar-refractivity contribution in [1.29, 1.82) is 0 Å². The van der Waals surface area contributed by atoms with Gasteiger partial charge in [0, 0.05) is 17.0 Å². The summed E-state index contributed by atoms with van der Waals surface area (Å²) < 4.78 is 0. The van der Waals surface area contributed by atoms with Gasteiger partial charge in [0.15, 0.2) is 0 Å². The van der Waals surface area contributed by atoms with Gasteiger partial charge in [-0.15, -0.1) is 0 Å². The van der Waals surface area contributed by atoms with Gasteiger partial charge < -0.3 is 10.2 Å². The minimum atomic E-state index is -1.04. The molecule has 0 saturated carbocycles. The van der Waals surface area contributed by atoms with Crippen LogP contribution in [0.2, 0.25) is 5.02 Å². The molecule has 0 aromatic heterocycles. The smallest absolute Gasteiger partial charge is 0.335 e. The van der Waals surface area contributed by atoms with E-state index in [0.29, 0.717) is 17.0 Å². The second kappa shape index (κ2) is 5.40. The van der Waals surface area contributed by atoms with E-state index >= 15 is 0 Å². The molecular formula is C11H9ClO3. The topological polar surface area (TPSA) is 57.5 Å². The zero-order valence-corrected chi connectivity index (χ0v) is 8.58. The summed E-state index contributed by atoms with van der Waals surface area (Å²) in [5, 5.41) is 17.6. The van der Waals surface area contributed by atoms with Crippen molar-refractivity contribution >= 4 is 17.6 Å². The third-order valence-electron chi connectivity index (χ3n) is 1.61. The molecule has 15 heavy (non-hydrogen) atoms. The quantitative estimate of drug-likeness (QED) is 0.753. The van der Waals surface area contributed by atoms with Crippen LogP contribution < -0.4 is 0 Å². The maximum atomic E-state index is 10.7. The summed E-state index contributed by atoms with van der Waals surface area (Å²) in [6, 6.07) is 4.39. The van der Waals surface area contributed by atoms with Crippen LogP contribution in [-0.2, 0) is 0 Å². The summed E-state index contributed by atoms with van der Waals surface area (Å²) in [5.74, 6) is 4.38. The molecule has 4 heteroatoms.